The van der Waals surface area contributed by atoms with E-state index in [1.807, 2.05) is 6.20 Å². The van der Waals surface area contributed by atoms with Crippen molar-refractivity contribution in [2.75, 3.05) is 32.7 Å². The molecule has 0 aromatic heterocycles. The summed E-state index contributed by atoms with van der Waals surface area (Å²) in [4.78, 5) is 4.81. The summed E-state index contributed by atoms with van der Waals surface area (Å²) in [5.74, 6) is 0. The van der Waals surface area contributed by atoms with Crippen molar-refractivity contribution < 1.29 is 0 Å². The Balaban J connectivity index is 1.73. The van der Waals surface area contributed by atoms with E-state index in [-0.39, 0.29) is 0 Å². The van der Waals surface area contributed by atoms with Gasteiger partial charge in [0.1, 0.15) is 0 Å². The molecule has 17 heavy (non-hydrogen) atoms. The molecule has 0 amide bonds. The van der Waals surface area contributed by atoms with Crippen molar-refractivity contribution in [2.24, 2.45) is 0 Å². The van der Waals surface area contributed by atoms with Crippen LogP contribution in [0.1, 0.15) is 5.56 Å². The minimum atomic E-state index is 1.09. The molecule has 2 heteroatoms. The first-order chi connectivity index (χ1) is 8.38. The minimum absolute atomic E-state index is 1.09. The summed E-state index contributed by atoms with van der Waals surface area (Å²) >= 11 is 0. The molecule has 1 aliphatic rings. The topological polar surface area (TPSA) is 6.48 Å². The second kappa shape index (κ2) is 6.29. The van der Waals surface area contributed by atoms with Crippen molar-refractivity contribution in [1.29, 1.82) is 0 Å². The van der Waals surface area contributed by atoms with Crippen LogP contribution in [0.4, 0.5) is 0 Å². The van der Waals surface area contributed by atoms with E-state index in [4.69, 9.17) is 0 Å². The van der Waals surface area contributed by atoms with Gasteiger partial charge < -0.3 is 4.90 Å². The number of benzene rings is 1. The molecule has 2 rings (SSSR count). The standard InChI is InChI=1S/C15H20N2/c1-2-9-16-11-13-17(14-12-16)10-8-15-6-4-3-5-7-15/h3-7,9H,1,8,10-14H2. The van der Waals surface area contributed by atoms with Gasteiger partial charge in [0.2, 0.25) is 0 Å². The van der Waals surface area contributed by atoms with Gasteiger partial charge in [-0.15, -0.1) is 5.73 Å². The van der Waals surface area contributed by atoms with E-state index in [1.54, 1.807) is 0 Å². The molecule has 0 atom stereocenters. The molecular formula is C15H20N2. The lowest BCUT2D eigenvalue weighted by Gasteiger charge is -2.33. The highest BCUT2D eigenvalue weighted by molar-refractivity contribution is 5.14. The Morgan fingerprint density at radius 2 is 1.82 bits per heavy atom. The zero-order chi connectivity index (χ0) is 11.9. The van der Waals surface area contributed by atoms with Gasteiger partial charge in [-0.1, -0.05) is 36.9 Å². The first-order valence-corrected chi connectivity index (χ1v) is 6.25. The van der Waals surface area contributed by atoms with Crippen molar-refractivity contribution in [3.63, 3.8) is 0 Å². The van der Waals surface area contributed by atoms with Crippen LogP contribution in [0.3, 0.4) is 0 Å². The summed E-state index contributed by atoms with van der Waals surface area (Å²) in [6.07, 6.45) is 3.12. The minimum Gasteiger partial charge on any atom is -0.369 e. The Morgan fingerprint density at radius 1 is 1.12 bits per heavy atom. The Bertz CT molecular complexity index is 371. The monoisotopic (exact) mass is 228 g/mol. The Labute approximate surface area is 104 Å². The average Bonchev–Trinajstić information content (AvgIpc) is 2.40. The molecule has 0 saturated carbocycles. The molecule has 0 radical (unpaired) electrons. The van der Waals surface area contributed by atoms with Gasteiger partial charge in [0.15, 0.2) is 0 Å². The number of hydrogen-bond donors (Lipinski definition) is 0. The van der Waals surface area contributed by atoms with Crippen LogP contribution in [0.25, 0.3) is 0 Å². The van der Waals surface area contributed by atoms with E-state index in [2.05, 4.69) is 52.4 Å². The fraction of sp³-hybridized carbons (Fsp3) is 0.400. The van der Waals surface area contributed by atoms with Gasteiger partial charge in [-0.3, -0.25) is 4.90 Å². The molecule has 1 aromatic carbocycles. The molecule has 1 aliphatic heterocycles. The van der Waals surface area contributed by atoms with Gasteiger partial charge in [0.05, 0.1) is 0 Å². The fourth-order valence-corrected chi connectivity index (χ4v) is 2.18. The lowest BCUT2D eigenvalue weighted by Crippen LogP contribution is -2.44. The van der Waals surface area contributed by atoms with E-state index >= 15 is 0 Å². The van der Waals surface area contributed by atoms with Gasteiger partial charge in [-0.05, 0) is 12.0 Å². The van der Waals surface area contributed by atoms with Gasteiger partial charge in [-0.25, -0.2) is 0 Å². The van der Waals surface area contributed by atoms with Gasteiger partial charge in [0, 0.05) is 38.9 Å². The second-order valence-corrected chi connectivity index (χ2v) is 4.45. The van der Waals surface area contributed by atoms with Gasteiger partial charge in [-0.2, -0.15) is 0 Å². The predicted molar refractivity (Wildman–Crippen MR) is 71.9 cm³/mol. The van der Waals surface area contributed by atoms with E-state index in [0.717, 1.165) is 39.1 Å². The van der Waals surface area contributed by atoms with E-state index in [9.17, 15) is 0 Å². The van der Waals surface area contributed by atoms with E-state index in [0.29, 0.717) is 0 Å². The van der Waals surface area contributed by atoms with Crippen molar-refractivity contribution in [3.05, 3.63) is 54.4 Å². The Kier molecular flexibility index (Phi) is 4.43. The molecule has 1 fully saturated rings. The third kappa shape index (κ3) is 3.77. The van der Waals surface area contributed by atoms with E-state index < -0.39 is 0 Å². The maximum absolute atomic E-state index is 3.61. The van der Waals surface area contributed by atoms with Crippen molar-refractivity contribution in [1.82, 2.24) is 9.80 Å². The molecule has 0 N–H and O–H groups in total. The molecule has 90 valence electrons. The van der Waals surface area contributed by atoms with Crippen LogP contribution in [-0.4, -0.2) is 42.5 Å². The Hall–Kier alpha value is -1.50. The molecule has 0 bridgehead atoms. The summed E-state index contributed by atoms with van der Waals surface area (Å²) < 4.78 is 0. The fourth-order valence-electron chi connectivity index (χ4n) is 2.18. The summed E-state index contributed by atoms with van der Waals surface area (Å²) in [5.41, 5.74) is 4.27. The third-order valence-corrected chi connectivity index (χ3v) is 3.24. The van der Waals surface area contributed by atoms with Crippen LogP contribution in [0, 0.1) is 0 Å². The summed E-state index contributed by atoms with van der Waals surface area (Å²) in [6, 6.07) is 10.7. The average molecular weight is 228 g/mol. The second-order valence-electron chi connectivity index (χ2n) is 4.45. The molecule has 1 heterocycles. The van der Waals surface area contributed by atoms with Crippen molar-refractivity contribution in [3.8, 4) is 0 Å². The number of rotatable bonds is 4. The summed E-state index contributed by atoms with van der Waals surface area (Å²) in [6.45, 7) is 9.25. The lowest BCUT2D eigenvalue weighted by atomic mass is 10.1. The first kappa shape index (κ1) is 12.0. The molecule has 1 saturated heterocycles. The maximum atomic E-state index is 3.61. The zero-order valence-electron chi connectivity index (χ0n) is 10.3. The number of piperazine rings is 1. The molecule has 0 spiro atoms. The highest BCUT2D eigenvalue weighted by Crippen LogP contribution is 2.05. The zero-order valence-corrected chi connectivity index (χ0v) is 10.3. The largest absolute Gasteiger partial charge is 0.369 e. The first-order valence-electron chi connectivity index (χ1n) is 6.25. The quantitative estimate of drug-likeness (QED) is 0.729. The van der Waals surface area contributed by atoms with Gasteiger partial charge in [0.25, 0.3) is 0 Å². The normalized spacial score (nSPS) is 16.6. The highest BCUT2D eigenvalue weighted by Gasteiger charge is 2.13. The van der Waals surface area contributed by atoms with Crippen LogP contribution in [0.2, 0.25) is 0 Å². The van der Waals surface area contributed by atoms with Crippen LogP contribution in [0.15, 0.2) is 48.8 Å². The molecule has 2 nitrogen and oxygen atoms in total. The van der Waals surface area contributed by atoms with Crippen LogP contribution < -0.4 is 0 Å². The van der Waals surface area contributed by atoms with Crippen LogP contribution >= 0.6 is 0 Å². The predicted octanol–water partition coefficient (Wildman–Crippen LogP) is 2.15. The van der Waals surface area contributed by atoms with Crippen molar-refractivity contribution in [2.45, 2.75) is 6.42 Å². The Morgan fingerprint density at radius 3 is 2.47 bits per heavy atom. The van der Waals surface area contributed by atoms with Crippen molar-refractivity contribution >= 4 is 0 Å². The number of hydrogen-bond acceptors (Lipinski definition) is 2. The van der Waals surface area contributed by atoms with Crippen LogP contribution in [-0.2, 0) is 6.42 Å². The third-order valence-electron chi connectivity index (χ3n) is 3.24. The molecular weight excluding hydrogens is 208 g/mol. The highest BCUT2D eigenvalue weighted by atomic mass is 15.2. The van der Waals surface area contributed by atoms with Gasteiger partial charge >= 0.3 is 0 Å². The lowest BCUT2D eigenvalue weighted by molar-refractivity contribution is 0.170. The smallest absolute Gasteiger partial charge is 0.0418 e. The number of nitrogens with zero attached hydrogens (tertiary/aromatic N) is 2. The summed E-state index contributed by atoms with van der Waals surface area (Å²) in [5, 5.41) is 0. The SMILES string of the molecule is C=C=CN1CCN(CCc2ccccc2)CC1. The maximum Gasteiger partial charge on any atom is 0.0418 e. The molecule has 0 aliphatic carbocycles. The summed E-state index contributed by atoms with van der Waals surface area (Å²) in [7, 11) is 0. The molecule has 1 aromatic rings. The van der Waals surface area contributed by atoms with Crippen LogP contribution in [0.5, 0.6) is 0 Å². The van der Waals surface area contributed by atoms with E-state index in [1.165, 1.54) is 5.56 Å². The molecule has 0 unspecified atom stereocenters.